The van der Waals surface area contributed by atoms with Crippen LogP contribution in [-0.4, -0.2) is 12.5 Å². The van der Waals surface area contributed by atoms with E-state index in [9.17, 15) is 4.79 Å². The van der Waals surface area contributed by atoms with E-state index in [1.807, 2.05) is 31.2 Å². The minimum atomic E-state index is -0.265. The van der Waals surface area contributed by atoms with Gasteiger partial charge in [0.15, 0.2) is 6.61 Å². The number of halogens is 3. The van der Waals surface area contributed by atoms with Gasteiger partial charge in [-0.15, -0.1) is 0 Å². The number of ether oxygens (including phenoxy) is 1. The predicted octanol–water partition coefficient (Wildman–Crippen LogP) is 7.42. The molecule has 1 amide bonds. The van der Waals surface area contributed by atoms with Crippen molar-refractivity contribution < 1.29 is 9.53 Å². The summed E-state index contributed by atoms with van der Waals surface area (Å²) in [7, 11) is 0. The molecule has 0 unspecified atom stereocenters. The van der Waals surface area contributed by atoms with Crippen LogP contribution in [0.25, 0.3) is 0 Å². The lowest BCUT2D eigenvalue weighted by atomic mass is 10.1. The Bertz CT molecular complexity index is 1100. The van der Waals surface area contributed by atoms with E-state index in [1.54, 1.807) is 6.07 Å². The fourth-order valence-corrected chi connectivity index (χ4v) is 4.76. The molecule has 0 atom stereocenters. The van der Waals surface area contributed by atoms with Crippen molar-refractivity contribution in [2.75, 3.05) is 17.2 Å². The highest BCUT2D eigenvalue weighted by Crippen LogP contribution is 2.35. The van der Waals surface area contributed by atoms with Crippen LogP contribution in [0.15, 0.2) is 57.5 Å². The van der Waals surface area contributed by atoms with E-state index >= 15 is 0 Å². The molecule has 3 aromatic rings. The normalized spacial score (nSPS) is 10.6. The fourth-order valence-electron chi connectivity index (χ4n) is 3.07. The number of aryl methyl sites for hydroxylation is 3. The third-order valence-corrected chi connectivity index (χ3v) is 6.31. The summed E-state index contributed by atoms with van der Waals surface area (Å²) < 4.78 is 7.28. The van der Waals surface area contributed by atoms with Crippen LogP contribution < -0.4 is 15.4 Å². The van der Waals surface area contributed by atoms with Gasteiger partial charge in [0.25, 0.3) is 5.91 Å². The highest BCUT2D eigenvalue weighted by atomic mass is 79.9. The lowest BCUT2D eigenvalue weighted by molar-refractivity contribution is -0.118. The zero-order valence-electron chi connectivity index (χ0n) is 17.5. The molecule has 0 bridgehead atoms. The molecule has 0 spiro atoms. The van der Waals surface area contributed by atoms with Gasteiger partial charge in [-0.3, -0.25) is 4.79 Å². The van der Waals surface area contributed by atoms with E-state index in [1.165, 1.54) is 11.1 Å². The Morgan fingerprint density at radius 1 is 0.968 bits per heavy atom. The van der Waals surface area contributed by atoms with Crippen molar-refractivity contribution in [1.82, 2.24) is 0 Å². The molecule has 3 rings (SSSR count). The van der Waals surface area contributed by atoms with E-state index in [2.05, 4.69) is 74.5 Å². The topological polar surface area (TPSA) is 50.4 Å². The minimum Gasteiger partial charge on any atom is -0.481 e. The van der Waals surface area contributed by atoms with Gasteiger partial charge in [0.1, 0.15) is 5.75 Å². The maximum Gasteiger partial charge on any atom is 0.262 e. The second-order valence-corrected chi connectivity index (χ2v) is 9.48. The Kier molecular flexibility index (Phi) is 8.03. The van der Waals surface area contributed by atoms with Crippen LogP contribution in [0.4, 0.5) is 11.4 Å². The summed E-state index contributed by atoms with van der Waals surface area (Å²) in [6.45, 7) is 6.62. The van der Waals surface area contributed by atoms with Crippen molar-refractivity contribution in [3.05, 3.63) is 84.8 Å². The standard InChI is InChI=1S/C24H23Br2ClN2O2/c1-14-4-7-22(16(3)8-14)28-12-17-9-19(25)24(20(26)10-17)31-13-23(30)29-18-6-5-15(2)21(27)11-18/h4-11,28H,12-13H2,1-3H3,(H,29,30). The lowest BCUT2D eigenvalue weighted by Crippen LogP contribution is -2.20. The van der Waals surface area contributed by atoms with Gasteiger partial charge < -0.3 is 15.4 Å². The molecule has 0 aliphatic heterocycles. The van der Waals surface area contributed by atoms with Crippen LogP contribution in [0.5, 0.6) is 5.75 Å². The van der Waals surface area contributed by atoms with Gasteiger partial charge in [-0.25, -0.2) is 0 Å². The summed E-state index contributed by atoms with van der Waals surface area (Å²) in [4.78, 5) is 12.3. The van der Waals surface area contributed by atoms with Gasteiger partial charge in [0.05, 0.1) is 8.95 Å². The molecule has 4 nitrogen and oxygen atoms in total. The van der Waals surface area contributed by atoms with Gasteiger partial charge in [-0.2, -0.15) is 0 Å². The van der Waals surface area contributed by atoms with E-state index < -0.39 is 0 Å². The Labute approximate surface area is 204 Å². The van der Waals surface area contributed by atoms with Crippen molar-refractivity contribution in [3.8, 4) is 5.75 Å². The van der Waals surface area contributed by atoms with Gasteiger partial charge in [-0.05, 0) is 99.7 Å². The number of hydrogen-bond acceptors (Lipinski definition) is 3. The maximum absolute atomic E-state index is 12.3. The van der Waals surface area contributed by atoms with Crippen LogP contribution in [-0.2, 0) is 11.3 Å². The van der Waals surface area contributed by atoms with Crippen molar-refractivity contribution >= 4 is 60.7 Å². The first kappa shape index (κ1) is 23.6. The zero-order chi connectivity index (χ0) is 22.5. The molecular weight excluding hydrogens is 544 g/mol. The molecule has 0 heterocycles. The Morgan fingerprint density at radius 2 is 1.68 bits per heavy atom. The molecule has 0 saturated heterocycles. The van der Waals surface area contributed by atoms with Crippen molar-refractivity contribution in [3.63, 3.8) is 0 Å². The lowest BCUT2D eigenvalue weighted by Gasteiger charge is -2.14. The first-order chi connectivity index (χ1) is 14.7. The Hall–Kier alpha value is -2.02. The Balaban J connectivity index is 1.60. The molecular formula is C24H23Br2ClN2O2. The smallest absolute Gasteiger partial charge is 0.262 e. The van der Waals surface area contributed by atoms with Crippen LogP contribution in [0.1, 0.15) is 22.3 Å². The molecule has 0 aromatic heterocycles. The van der Waals surface area contributed by atoms with Crippen LogP contribution in [0.2, 0.25) is 5.02 Å². The van der Waals surface area contributed by atoms with E-state index in [4.69, 9.17) is 16.3 Å². The average molecular weight is 567 g/mol. The predicted molar refractivity (Wildman–Crippen MR) is 135 cm³/mol. The summed E-state index contributed by atoms with van der Waals surface area (Å²) >= 11 is 13.2. The molecule has 162 valence electrons. The summed E-state index contributed by atoms with van der Waals surface area (Å²) in [5, 5.41) is 6.85. The second-order valence-electron chi connectivity index (χ2n) is 7.36. The molecule has 7 heteroatoms. The van der Waals surface area contributed by atoms with Gasteiger partial charge in [-0.1, -0.05) is 35.4 Å². The Morgan fingerprint density at radius 3 is 2.32 bits per heavy atom. The van der Waals surface area contributed by atoms with Crippen LogP contribution in [0, 0.1) is 20.8 Å². The van der Waals surface area contributed by atoms with E-state index in [0.717, 1.165) is 25.8 Å². The highest BCUT2D eigenvalue weighted by molar-refractivity contribution is 9.11. The third-order valence-electron chi connectivity index (χ3n) is 4.73. The zero-order valence-corrected chi connectivity index (χ0v) is 21.4. The van der Waals surface area contributed by atoms with Gasteiger partial charge in [0.2, 0.25) is 0 Å². The summed E-state index contributed by atoms with van der Waals surface area (Å²) in [5.74, 6) is 0.312. The SMILES string of the molecule is Cc1ccc(NCc2cc(Br)c(OCC(=O)Nc3ccc(C)c(Cl)c3)c(Br)c2)c(C)c1. The minimum absolute atomic E-state index is 0.122. The number of anilines is 2. The van der Waals surface area contributed by atoms with E-state index in [-0.39, 0.29) is 12.5 Å². The molecule has 0 aliphatic rings. The summed E-state index contributed by atoms with van der Waals surface area (Å²) in [6.07, 6.45) is 0. The molecule has 31 heavy (non-hydrogen) atoms. The van der Waals surface area contributed by atoms with Gasteiger partial charge in [0, 0.05) is 22.9 Å². The van der Waals surface area contributed by atoms with Crippen molar-refractivity contribution in [1.29, 1.82) is 0 Å². The van der Waals surface area contributed by atoms with Crippen LogP contribution >= 0.6 is 43.5 Å². The molecule has 0 fully saturated rings. The number of amides is 1. The summed E-state index contributed by atoms with van der Waals surface area (Å²) in [6, 6.07) is 15.7. The third kappa shape index (κ3) is 6.48. The van der Waals surface area contributed by atoms with Crippen molar-refractivity contribution in [2.24, 2.45) is 0 Å². The molecule has 2 N–H and O–H groups in total. The molecule has 0 aliphatic carbocycles. The largest absolute Gasteiger partial charge is 0.481 e. The number of carbonyl (C=O) groups is 1. The van der Waals surface area contributed by atoms with Gasteiger partial charge >= 0.3 is 0 Å². The molecule has 0 radical (unpaired) electrons. The van der Waals surface area contributed by atoms with Crippen LogP contribution in [0.3, 0.4) is 0 Å². The number of nitrogens with one attached hydrogen (secondary N) is 2. The number of benzene rings is 3. The molecule has 3 aromatic carbocycles. The fraction of sp³-hybridized carbons (Fsp3) is 0.208. The highest BCUT2D eigenvalue weighted by Gasteiger charge is 2.12. The number of rotatable bonds is 7. The summed E-state index contributed by atoms with van der Waals surface area (Å²) in [5.41, 5.74) is 6.21. The first-order valence-corrected chi connectivity index (χ1v) is 11.7. The van der Waals surface area contributed by atoms with E-state index in [0.29, 0.717) is 23.0 Å². The van der Waals surface area contributed by atoms with Crippen molar-refractivity contribution in [2.45, 2.75) is 27.3 Å². The monoisotopic (exact) mass is 564 g/mol. The first-order valence-electron chi connectivity index (χ1n) is 9.71. The quantitative estimate of drug-likeness (QED) is 0.313. The molecule has 0 saturated carbocycles. The maximum atomic E-state index is 12.3. The average Bonchev–Trinajstić information content (AvgIpc) is 2.69. The number of hydrogen-bond donors (Lipinski definition) is 2. The second kappa shape index (κ2) is 10.5. The number of carbonyl (C=O) groups excluding carboxylic acids is 1.